The maximum absolute atomic E-state index is 13.3. The molecule has 0 amide bonds. The Balaban J connectivity index is 2.17. The molecular weight excluding hydrogens is 254 g/mol. The van der Waals surface area contributed by atoms with Gasteiger partial charge in [-0.3, -0.25) is 0 Å². The van der Waals surface area contributed by atoms with Crippen molar-refractivity contribution in [3.63, 3.8) is 0 Å². The lowest BCUT2D eigenvalue weighted by Crippen LogP contribution is -2.03. The first kappa shape index (κ1) is 12.8. The van der Waals surface area contributed by atoms with Gasteiger partial charge in [0.1, 0.15) is 24.3 Å². The van der Waals surface area contributed by atoms with Crippen LogP contribution in [0.3, 0.4) is 0 Å². The second kappa shape index (κ2) is 5.31. The summed E-state index contributed by atoms with van der Waals surface area (Å²) in [6.45, 7) is -0.412. The normalized spacial score (nSPS) is 9.95. The van der Waals surface area contributed by atoms with E-state index in [4.69, 9.17) is 10.00 Å². The molecule has 0 radical (unpaired) electrons. The Hall–Kier alpha value is -2.68. The summed E-state index contributed by atoms with van der Waals surface area (Å²) in [4.78, 5) is 3.68. The van der Waals surface area contributed by atoms with Crippen molar-refractivity contribution in [3.05, 3.63) is 53.2 Å². The molecule has 4 nitrogen and oxygen atoms in total. The number of nitrogens with zero attached hydrogens (tertiary/aromatic N) is 2. The number of aromatic hydroxyl groups is 1. The Bertz CT molecular complexity index is 633. The topological polar surface area (TPSA) is 66.1 Å². The number of rotatable bonds is 3. The van der Waals surface area contributed by atoms with Gasteiger partial charge in [0.2, 0.25) is 0 Å². The van der Waals surface area contributed by atoms with Gasteiger partial charge < -0.3 is 9.84 Å². The number of aromatic nitrogens is 1. The summed E-state index contributed by atoms with van der Waals surface area (Å²) in [6.07, 6.45) is 1.19. The Morgan fingerprint density at radius 2 is 2.00 bits per heavy atom. The number of benzene rings is 1. The van der Waals surface area contributed by atoms with E-state index in [2.05, 4.69) is 4.98 Å². The van der Waals surface area contributed by atoms with Gasteiger partial charge in [0.25, 0.3) is 5.88 Å². The number of hydrogen-bond donors (Lipinski definition) is 1. The molecule has 2 rings (SSSR count). The molecule has 0 aliphatic heterocycles. The molecule has 0 aliphatic carbocycles. The van der Waals surface area contributed by atoms with E-state index in [1.807, 2.05) is 0 Å². The summed E-state index contributed by atoms with van der Waals surface area (Å²) in [5, 5.41) is 18.1. The van der Waals surface area contributed by atoms with E-state index in [1.165, 1.54) is 12.3 Å². The first-order valence-electron chi connectivity index (χ1n) is 5.26. The van der Waals surface area contributed by atoms with Crippen molar-refractivity contribution in [1.82, 2.24) is 4.98 Å². The van der Waals surface area contributed by atoms with Crippen LogP contribution in [-0.4, -0.2) is 10.1 Å². The van der Waals surface area contributed by atoms with Crippen molar-refractivity contribution in [2.75, 3.05) is 0 Å². The molecule has 1 aromatic carbocycles. The average molecular weight is 262 g/mol. The van der Waals surface area contributed by atoms with Gasteiger partial charge in [0.15, 0.2) is 5.75 Å². The lowest BCUT2D eigenvalue weighted by Gasteiger charge is -2.08. The molecule has 1 heterocycles. The average Bonchev–Trinajstić information content (AvgIpc) is 2.39. The summed E-state index contributed by atoms with van der Waals surface area (Å²) in [6, 6.07) is 6.39. The second-order valence-corrected chi connectivity index (χ2v) is 3.65. The minimum absolute atomic E-state index is 0.155. The van der Waals surface area contributed by atoms with E-state index in [0.29, 0.717) is 0 Å². The van der Waals surface area contributed by atoms with Gasteiger partial charge in [-0.2, -0.15) is 5.26 Å². The van der Waals surface area contributed by atoms with Crippen LogP contribution >= 0.6 is 0 Å². The van der Waals surface area contributed by atoms with Gasteiger partial charge in [-0.25, -0.2) is 13.8 Å². The molecule has 1 aromatic heterocycles. The van der Waals surface area contributed by atoms with Gasteiger partial charge in [0, 0.05) is 12.3 Å². The summed E-state index contributed by atoms with van der Waals surface area (Å²) in [5.74, 6) is -2.04. The second-order valence-electron chi connectivity index (χ2n) is 3.65. The Labute approximate surface area is 107 Å². The highest BCUT2D eigenvalue weighted by Crippen LogP contribution is 2.25. The molecule has 1 N–H and O–H groups in total. The predicted molar refractivity (Wildman–Crippen MR) is 61.3 cm³/mol. The van der Waals surface area contributed by atoms with Crippen LogP contribution in [0.25, 0.3) is 0 Å². The van der Waals surface area contributed by atoms with E-state index in [-0.39, 0.29) is 22.8 Å². The van der Waals surface area contributed by atoms with Gasteiger partial charge >= 0.3 is 0 Å². The number of halogens is 2. The fraction of sp³-hybridized carbons (Fsp3) is 0.0769. The Kier molecular flexibility index (Phi) is 3.57. The zero-order valence-electron chi connectivity index (χ0n) is 9.60. The first-order chi connectivity index (χ1) is 9.11. The van der Waals surface area contributed by atoms with E-state index in [1.54, 1.807) is 6.07 Å². The highest BCUT2D eigenvalue weighted by atomic mass is 19.1. The largest absolute Gasteiger partial charge is 0.503 e. The van der Waals surface area contributed by atoms with Gasteiger partial charge in [-0.1, -0.05) is 6.07 Å². The summed E-state index contributed by atoms with van der Waals surface area (Å²) < 4.78 is 31.7. The van der Waals surface area contributed by atoms with Crippen LogP contribution in [0.4, 0.5) is 8.78 Å². The summed E-state index contributed by atoms with van der Waals surface area (Å²) in [7, 11) is 0. The SMILES string of the molecule is N#Cc1cnc(OCc2c(F)cccc2F)c(O)c1. The van der Waals surface area contributed by atoms with Crippen molar-refractivity contribution in [1.29, 1.82) is 5.26 Å². The van der Waals surface area contributed by atoms with Crippen LogP contribution in [-0.2, 0) is 6.61 Å². The molecule has 0 bridgehead atoms. The number of ether oxygens (including phenoxy) is 1. The minimum Gasteiger partial charge on any atom is -0.503 e. The highest BCUT2D eigenvalue weighted by Gasteiger charge is 2.11. The maximum Gasteiger partial charge on any atom is 0.257 e. The molecule has 0 saturated carbocycles. The quantitative estimate of drug-likeness (QED) is 0.922. The molecule has 2 aromatic rings. The smallest absolute Gasteiger partial charge is 0.257 e. The van der Waals surface area contributed by atoms with Crippen LogP contribution < -0.4 is 4.74 Å². The van der Waals surface area contributed by atoms with E-state index in [0.717, 1.165) is 18.2 Å². The number of pyridine rings is 1. The van der Waals surface area contributed by atoms with E-state index in [9.17, 15) is 13.9 Å². The van der Waals surface area contributed by atoms with Crippen molar-refractivity contribution in [3.8, 4) is 17.7 Å². The zero-order valence-corrected chi connectivity index (χ0v) is 9.60. The Morgan fingerprint density at radius 1 is 1.32 bits per heavy atom. The third-order valence-electron chi connectivity index (χ3n) is 2.38. The first-order valence-corrected chi connectivity index (χ1v) is 5.26. The molecule has 6 heteroatoms. The lowest BCUT2D eigenvalue weighted by molar-refractivity contribution is 0.266. The van der Waals surface area contributed by atoms with Crippen LogP contribution in [0.1, 0.15) is 11.1 Å². The van der Waals surface area contributed by atoms with Crippen LogP contribution in [0.15, 0.2) is 30.5 Å². The molecular formula is C13H8F2N2O2. The minimum atomic E-state index is -0.742. The van der Waals surface area contributed by atoms with Gasteiger partial charge in [-0.15, -0.1) is 0 Å². The molecule has 0 atom stereocenters. The predicted octanol–water partition coefficient (Wildman–Crippen LogP) is 2.52. The molecule has 0 spiro atoms. The molecule has 96 valence electrons. The number of nitriles is 1. The molecule has 0 unspecified atom stereocenters. The summed E-state index contributed by atoms with van der Waals surface area (Å²) >= 11 is 0. The van der Waals surface area contributed by atoms with Crippen LogP contribution in [0.5, 0.6) is 11.6 Å². The molecule has 19 heavy (non-hydrogen) atoms. The van der Waals surface area contributed by atoms with Crippen LogP contribution in [0.2, 0.25) is 0 Å². The van der Waals surface area contributed by atoms with Crippen molar-refractivity contribution in [2.45, 2.75) is 6.61 Å². The van der Waals surface area contributed by atoms with Crippen molar-refractivity contribution < 1.29 is 18.6 Å². The zero-order chi connectivity index (χ0) is 13.8. The third kappa shape index (κ3) is 2.77. The lowest BCUT2D eigenvalue weighted by atomic mass is 10.2. The fourth-order valence-electron chi connectivity index (χ4n) is 1.42. The van der Waals surface area contributed by atoms with Crippen molar-refractivity contribution in [2.24, 2.45) is 0 Å². The monoisotopic (exact) mass is 262 g/mol. The molecule has 0 fully saturated rings. The van der Waals surface area contributed by atoms with Gasteiger partial charge in [0.05, 0.1) is 11.1 Å². The highest BCUT2D eigenvalue weighted by molar-refractivity contribution is 5.40. The third-order valence-corrected chi connectivity index (χ3v) is 2.38. The van der Waals surface area contributed by atoms with Crippen molar-refractivity contribution >= 4 is 0 Å². The van der Waals surface area contributed by atoms with Gasteiger partial charge in [-0.05, 0) is 12.1 Å². The summed E-state index contributed by atoms with van der Waals surface area (Å²) in [5.41, 5.74) is -0.102. The van der Waals surface area contributed by atoms with Crippen LogP contribution in [0, 0.1) is 23.0 Å². The molecule has 0 aliphatic rings. The van der Waals surface area contributed by atoms with E-state index < -0.39 is 18.2 Å². The number of hydrogen-bond acceptors (Lipinski definition) is 4. The van der Waals surface area contributed by atoms with E-state index >= 15 is 0 Å². The standard InChI is InChI=1S/C13H8F2N2O2/c14-10-2-1-3-11(15)9(10)7-19-13-12(18)4-8(5-16)6-17-13/h1-4,6,18H,7H2. The Morgan fingerprint density at radius 3 is 2.58 bits per heavy atom. The fourth-order valence-corrected chi connectivity index (χ4v) is 1.42. The maximum atomic E-state index is 13.3. The molecule has 0 saturated heterocycles.